The van der Waals surface area contributed by atoms with Gasteiger partial charge in [-0.1, -0.05) is 133 Å². The number of fused-ring (bicyclic) bond motifs is 12. The SMILES string of the molecule is C.C.C.C.CCC(C)(C)CC[C@@H](O)COC(C)c1ccc(C)c2c1C1C(C(=O)O)C1C(C)(C)O2.CCC(C)(C)CC[C@@H](O)COC(C)c1ccc(C)c2c1C1C(C(C)=O)C1C(C)(C)O2.CCOC(=O)C1C2c3c(C(C)O)ccc(C)c3OC(C)(C)C12.CCOC(=O)C1C2c3c(C(C)OC[C@H]4CO4)ccc(C)c3OC(C)(C)C12. The van der Waals surface area contributed by atoms with E-state index in [9.17, 15) is 39.6 Å². The number of aliphatic hydroxyl groups is 3. The predicted molar refractivity (Wildman–Crippen MR) is 443 cm³/mol. The Kier molecular flexibility index (Phi) is 30.6. The highest BCUT2D eigenvalue weighted by Crippen LogP contribution is 2.71. The number of aliphatic hydroxyl groups excluding tert-OH is 3. The number of carbonyl (C=O) groups excluding carboxylic acids is 3. The number of esters is 2. The van der Waals surface area contributed by atoms with Gasteiger partial charge in [-0.25, -0.2) is 0 Å². The van der Waals surface area contributed by atoms with Crippen LogP contribution >= 0.6 is 0 Å². The normalized spacial score (nSPS) is 27.0. The van der Waals surface area contributed by atoms with Crippen LogP contribution in [-0.2, 0) is 47.6 Å². The van der Waals surface area contributed by atoms with Crippen molar-refractivity contribution in [2.45, 2.75) is 330 Å². The molecule has 18 heteroatoms. The zero-order chi connectivity index (χ0) is 79.7. The van der Waals surface area contributed by atoms with E-state index in [1.54, 1.807) is 13.8 Å². The number of carbonyl (C=O) groups is 4. The van der Waals surface area contributed by atoms with Crippen molar-refractivity contribution in [3.63, 3.8) is 0 Å². The van der Waals surface area contributed by atoms with E-state index in [4.69, 9.17) is 47.4 Å². The topological polar surface area (TPSA) is 245 Å². The second kappa shape index (κ2) is 36.2. The van der Waals surface area contributed by atoms with E-state index < -0.39 is 41.4 Å². The first kappa shape index (κ1) is 94.7. The molecule has 4 aliphatic carbocycles. The third kappa shape index (κ3) is 19.8. The lowest BCUT2D eigenvalue weighted by molar-refractivity contribution is -0.146. The van der Waals surface area contributed by atoms with Crippen molar-refractivity contribution in [3.05, 3.63) is 115 Å². The Morgan fingerprint density at radius 3 is 1.04 bits per heavy atom. The van der Waals surface area contributed by atoms with E-state index in [0.717, 1.165) is 128 Å². The first-order chi connectivity index (χ1) is 50.4. The lowest BCUT2D eigenvalue weighted by Crippen LogP contribution is -2.36. The molecule has 0 radical (unpaired) electrons. The van der Waals surface area contributed by atoms with Crippen LogP contribution in [0.25, 0.3) is 0 Å². The Hall–Kier alpha value is -6.12. The maximum atomic E-state index is 12.5. The second-order valence-corrected chi connectivity index (χ2v) is 36.4. The van der Waals surface area contributed by atoms with Crippen molar-refractivity contribution >= 4 is 23.7 Å². The molecule has 13 rings (SSSR count). The zero-order valence-electron chi connectivity index (χ0n) is 69.6. The van der Waals surface area contributed by atoms with Gasteiger partial charge in [-0.15, -0.1) is 0 Å². The molecule has 5 heterocycles. The van der Waals surface area contributed by atoms with Crippen molar-refractivity contribution in [1.29, 1.82) is 0 Å². The molecular weight excluding hydrogens is 1420 g/mol. The number of hydrogen-bond donors (Lipinski definition) is 4. The quantitative estimate of drug-likeness (QED) is 0.0320. The molecule has 16 unspecified atom stereocenters. The molecule has 4 saturated carbocycles. The number of Topliss-reactive ketones (excluding diaryl/α,β-unsaturated/α-hetero) is 1. The van der Waals surface area contributed by atoms with Crippen molar-refractivity contribution in [2.24, 2.45) is 58.2 Å². The Bertz CT molecular complexity index is 3800. The molecule has 0 aromatic heterocycles. The number of ether oxygens (including phenoxy) is 10. The maximum absolute atomic E-state index is 12.5. The predicted octanol–water partition coefficient (Wildman–Crippen LogP) is 20.2. The van der Waals surface area contributed by atoms with Gasteiger partial charge in [0.2, 0.25) is 0 Å². The number of hydrogen-bond acceptors (Lipinski definition) is 17. The largest absolute Gasteiger partial charge is 0.487 e. The van der Waals surface area contributed by atoms with Gasteiger partial charge in [0.1, 0.15) is 57.3 Å². The van der Waals surface area contributed by atoms with Crippen molar-refractivity contribution in [2.75, 3.05) is 39.6 Å². The third-order valence-electron chi connectivity index (χ3n) is 25.7. The second-order valence-electron chi connectivity index (χ2n) is 36.4. The first-order valence-corrected chi connectivity index (χ1v) is 40.3. The van der Waals surface area contributed by atoms with Gasteiger partial charge < -0.3 is 67.8 Å². The summed E-state index contributed by atoms with van der Waals surface area (Å²) < 4.78 is 59.4. The van der Waals surface area contributed by atoms with Gasteiger partial charge in [-0.3, -0.25) is 19.2 Å². The molecular formula is C94H146O18. The fourth-order valence-electron chi connectivity index (χ4n) is 18.4. The van der Waals surface area contributed by atoms with E-state index in [1.807, 2.05) is 93.5 Å². The van der Waals surface area contributed by atoms with Crippen molar-refractivity contribution < 1.29 is 87.0 Å². The number of aliphatic carboxylic acids is 1. The van der Waals surface area contributed by atoms with Gasteiger partial charge in [0.05, 0.1) is 94.0 Å². The molecule has 19 atom stereocenters. The molecule has 0 spiro atoms. The molecule has 630 valence electrons. The zero-order valence-corrected chi connectivity index (χ0v) is 69.6. The summed E-state index contributed by atoms with van der Waals surface area (Å²) in [5, 5.41) is 40.7. The van der Waals surface area contributed by atoms with Crippen LogP contribution in [0.1, 0.15) is 328 Å². The monoisotopic (exact) mass is 1560 g/mol. The highest BCUT2D eigenvalue weighted by Gasteiger charge is 2.70. The summed E-state index contributed by atoms with van der Waals surface area (Å²) in [6.45, 7) is 53.7. The standard InChI is InChI=1S/C26H40O4.C25H38O5.C21H28O5.C18H24O4.4CH4/c1-9-25(5,6)13-12-18(28)14-29-17(4)19-11-10-15(2)24-21(19)22-20(16(3)27)23(22)26(7,8)30-24;1-8-24(4,5)12-11-16(26)13-29-15(3)17-10-9-14(2)22-18(17)19-20(23(27)28)21(19)25(6,7)30-22;1-6-23-20(22)17-16-15-14(12(3)24-9-13-10-25-13)8-7-11(2)19(15)26-21(4,5)18(16)17;1-6-21-17(20)14-13-12-11(10(3)19)8-7-9(2)16(12)22-18(4,5)15(13)14;;;;/h10-11,17-18,20,22-23,28H,9,12-14H2,1-8H3;9-10,15-16,19-21,26H,8,11-13H2,1-7H3,(H,27,28);7-8,12-13,16-18H,6,9-10H2,1-5H3;7-8,10,13-15,19H,6H2,1-5H3;4*1H4/t17?,18-,20?,22?,23?;15?,16-,19?,20?,21?;12?,13-,16?,17?,18?;;;;;/m110...../s1. The number of rotatable bonds is 27. The molecule has 1 saturated heterocycles. The number of ketones is 1. The fraction of sp³-hybridized carbons (Fsp3) is 0.702. The highest BCUT2D eigenvalue weighted by molar-refractivity contribution is 5.85. The summed E-state index contributed by atoms with van der Waals surface area (Å²) in [5.74, 6) is 2.83. The molecule has 4 aromatic rings. The highest BCUT2D eigenvalue weighted by atomic mass is 16.6. The van der Waals surface area contributed by atoms with Gasteiger partial charge >= 0.3 is 17.9 Å². The van der Waals surface area contributed by atoms with Crippen LogP contribution in [0.3, 0.4) is 0 Å². The average Bonchev–Trinajstić information content (AvgIpc) is 1.55. The molecule has 18 nitrogen and oxygen atoms in total. The van der Waals surface area contributed by atoms with Crippen LogP contribution < -0.4 is 18.9 Å². The third-order valence-corrected chi connectivity index (χ3v) is 25.7. The smallest absolute Gasteiger partial charge is 0.310 e. The lowest BCUT2D eigenvalue weighted by Gasteiger charge is -2.35. The van der Waals surface area contributed by atoms with Gasteiger partial charge in [0.25, 0.3) is 0 Å². The average molecular weight is 1560 g/mol. The molecule has 5 fully saturated rings. The van der Waals surface area contributed by atoms with Crippen LogP contribution in [0.15, 0.2) is 48.5 Å². The van der Waals surface area contributed by atoms with Crippen LogP contribution in [-0.4, -0.2) is 124 Å². The molecule has 5 aliphatic heterocycles. The fourth-order valence-corrected chi connectivity index (χ4v) is 18.4. The van der Waals surface area contributed by atoms with E-state index in [0.29, 0.717) is 32.8 Å². The molecule has 4 aromatic carbocycles. The minimum absolute atomic E-state index is 0. The molecule has 112 heavy (non-hydrogen) atoms. The van der Waals surface area contributed by atoms with Gasteiger partial charge in [0.15, 0.2) is 0 Å². The van der Waals surface area contributed by atoms with Gasteiger partial charge in [-0.2, -0.15) is 0 Å². The maximum Gasteiger partial charge on any atom is 0.310 e. The minimum atomic E-state index is -0.760. The Balaban J connectivity index is 0.000000231. The Labute approximate surface area is 673 Å². The minimum Gasteiger partial charge on any atom is -0.487 e. The summed E-state index contributed by atoms with van der Waals surface area (Å²) >= 11 is 0. The molecule has 9 aliphatic rings. The number of aryl methyl sites for hydroxylation is 4. The summed E-state index contributed by atoms with van der Waals surface area (Å²) in [6, 6.07) is 16.3. The van der Waals surface area contributed by atoms with Crippen molar-refractivity contribution in [3.8, 4) is 23.0 Å². The first-order valence-electron chi connectivity index (χ1n) is 40.3. The summed E-state index contributed by atoms with van der Waals surface area (Å²) in [5.41, 5.74) is 11.4. The Morgan fingerprint density at radius 2 is 0.750 bits per heavy atom. The number of benzene rings is 4. The summed E-state index contributed by atoms with van der Waals surface area (Å²) in [6.07, 6.45) is 3.78. The summed E-state index contributed by atoms with van der Waals surface area (Å²) in [7, 11) is 0. The number of carboxylic acids is 1. The van der Waals surface area contributed by atoms with Gasteiger partial charge in [0, 0.05) is 75.5 Å². The van der Waals surface area contributed by atoms with E-state index >= 15 is 0 Å². The number of epoxide rings is 1. The Morgan fingerprint density at radius 1 is 0.464 bits per heavy atom. The molecule has 0 amide bonds. The van der Waals surface area contributed by atoms with Crippen LogP contribution in [0.5, 0.6) is 23.0 Å². The molecule has 0 bridgehead atoms. The number of carboxylic acid groups (broad SMARTS) is 1. The lowest BCUT2D eigenvalue weighted by atomic mass is 9.84. The van der Waals surface area contributed by atoms with E-state index in [2.05, 4.69) is 114 Å². The van der Waals surface area contributed by atoms with Crippen molar-refractivity contribution in [1.82, 2.24) is 0 Å². The van der Waals surface area contributed by atoms with Crippen LogP contribution in [0, 0.1) is 85.9 Å². The van der Waals surface area contributed by atoms with E-state index in [1.165, 1.54) is 0 Å². The molecule has 4 N–H and O–H groups in total. The van der Waals surface area contributed by atoms with Gasteiger partial charge in [-0.05, 0) is 213 Å². The van der Waals surface area contributed by atoms with E-state index in [-0.39, 0.29) is 166 Å². The van der Waals surface area contributed by atoms with Crippen LogP contribution in [0.4, 0.5) is 0 Å². The van der Waals surface area contributed by atoms with Crippen LogP contribution in [0.2, 0.25) is 0 Å². The summed E-state index contributed by atoms with van der Waals surface area (Å²) in [4.78, 5) is 49.0.